The van der Waals surface area contributed by atoms with E-state index in [0.717, 1.165) is 11.1 Å². The van der Waals surface area contributed by atoms with E-state index in [0.29, 0.717) is 11.7 Å². The maximum Gasteiger partial charge on any atom is 0.371 e. The van der Waals surface area contributed by atoms with E-state index in [4.69, 9.17) is 14.3 Å². The number of carboxylic acids is 1. The van der Waals surface area contributed by atoms with E-state index in [9.17, 15) is 4.79 Å². The first-order valence-electron chi connectivity index (χ1n) is 6.09. The average Bonchev–Trinajstić information content (AvgIpc) is 2.77. The highest BCUT2D eigenvalue weighted by molar-refractivity contribution is 5.84. The fraction of sp³-hybridized carbons (Fsp3) is 0.267. The molecule has 4 nitrogen and oxygen atoms in total. The molecule has 0 amide bonds. The van der Waals surface area contributed by atoms with E-state index in [1.165, 1.54) is 12.1 Å². The van der Waals surface area contributed by atoms with E-state index in [1.54, 1.807) is 0 Å². The zero-order valence-corrected chi connectivity index (χ0v) is 11.1. The molecular weight excluding hydrogens is 244 g/mol. The minimum absolute atomic E-state index is 0.131. The lowest BCUT2D eigenvalue weighted by Crippen LogP contribution is -1.94. The van der Waals surface area contributed by atoms with Gasteiger partial charge in [0.25, 0.3) is 5.95 Å². The molecule has 1 aromatic carbocycles. The molecule has 19 heavy (non-hydrogen) atoms. The smallest absolute Gasteiger partial charge is 0.371 e. The maximum absolute atomic E-state index is 10.7. The largest absolute Gasteiger partial charge is 0.475 e. The highest BCUT2D eigenvalue weighted by atomic mass is 16.6. The number of hydrogen-bond donors (Lipinski definition) is 1. The van der Waals surface area contributed by atoms with Crippen molar-refractivity contribution < 1.29 is 19.1 Å². The van der Waals surface area contributed by atoms with Crippen LogP contribution in [-0.4, -0.2) is 11.1 Å². The third-order valence-corrected chi connectivity index (χ3v) is 2.79. The van der Waals surface area contributed by atoms with Gasteiger partial charge in [-0.15, -0.1) is 0 Å². The third kappa shape index (κ3) is 2.96. The van der Waals surface area contributed by atoms with Crippen molar-refractivity contribution in [1.29, 1.82) is 0 Å². The van der Waals surface area contributed by atoms with E-state index in [1.807, 2.05) is 25.1 Å². The number of furan rings is 1. The summed E-state index contributed by atoms with van der Waals surface area (Å²) in [5.74, 6) is -0.0485. The van der Waals surface area contributed by atoms with Gasteiger partial charge in [0.15, 0.2) is 0 Å². The Hall–Kier alpha value is -2.23. The van der Waals surface area contributed by atoms with Crippen molar-refractivity contribution >= 4 is 5.97 Å². The predicted molar refractivity (Wildman–Crippen MR) is 71.0 cm³/mol. The molecule has 0 spiro atoms. The molecule has 0 saturated carbocycles. The second-order valence-electron chi connectivity index (χ2n) is 4.72. The van der Waals surface area contributed by atoms with Gasteiger partial charge in [-0.05, 0) is 36.1 Å². The normalized spacial score (nSPS) is 10.7. The molecule has 1 N–H and O–H groups in total. The summed E-state index contributed by atoms with van der Waals surface area (Å²) >= 11 is 0. The molecule has 1 aromatic heterocycles. The molecule has 0 bridgehead atoms. The van der Waals surface area contributed by atoms with Crippen molar-refractivity contribution in [2.24, 2.45) is 0 Å². The Morgan fingerprint density at radius 3 is 2.58 bits per heavy atom. The number of rotatable bonds is 4. The minimum atomic E-state index is -1.11. The van der Waals surface area contributed by atoms with Gasteiger partial charge in [0, 0.05) is 6.07 Å². The first-order valence-corrected chi connectivity index (χ1v) is 6.09. The van der Waals surface area contributed by atoms with Crippen LogP contribution in [0.25, 0.3) is 0 Å². The Morgan fingerprint density at radius 1 is 1.26 bits per heavy atom. The molecule has 0 fully saturated rings. The summed E-state index contributed by atoms with van der Waals surface area (Å²) in [6.07, 6.45) is 0. The van der Waals surface area contributed by atoms with Crippen LogP contribution in [0.2, 0.25) is 0 Å². The van der Waals surface area contributed by atoms with Gasteiger partial charge in [-0.2, -0.15) is 0 Å². The lowest BCUT2D eigenvalue weighted by Gasteiger charge is -2.12. The first-order chi connectivity index (χ1) is 8.97. The molecular formula is C15H16O4. The summed E-state index contributed by atoms with van der Waals surface area (Å²) in [6.45, 7) is 6.12. The number of ether oxygens (including phenoxy) is 1. The van der Waals surface area contributed by atoms with Crippen LogP contribution in [-0.2, 0) is 0 Å². The zero-order valence-electron chi connectivity index (χ0n) is 11.1. The number of benzene rings is 1. The highest BCUT2D eigenvalue weighted by Crippen LogP contribution is 2.32. The fourth-order valence-electron chi connectivity index (χ4n) is 1.81. The van der Waals surface area contributed by atoms with Crippen LogP contribution in [0, 0.1) is 6.92 Å². The van der Waals surface area contributed by atoms with Gasteiger partial charge in [-0.25, -0.2) is 4.79 Å². The van der Waals surface area contributed by atoms with Crippen molar-refractivity contribution in [3.05, 3.63) is 47.2 Å². The molecule has 0 atom stereocenters. The average molecular weight is 260 g/mol. The lowest BCUT2D eigenvalue weighted by atomic mass is 10.0. The van der Waals surface area contributed by atoms with E-state index >= 15 is 0 Å². The SMILES string of the molecule is Cc1ccc(C(C)C)c(Oc2ccc(C(=O)O)o2)c1. The molecule has 4 heteroatoms. The van der Waals surface area contributed by atoms with E-state index < -0.39 is 5.97 Å². The van der Waals surface area contributed by atoms with Gasteiger partial charge >= 0.3 is 5.97 Å². The van der Waals surface area contributed by atoms with Gasteiger partial charge in [0.2, 0.25) is 5.76 Å². The van der Waals surface area contributed by atoms with Gasteiger partial charge in [0.05, 0.1) is 0 Å². The third-order valence-electron chi connectivity index (χ3n) is 2.79. The van der Waals surface area contributed by atoms with Crippen molar-refractivity contribution in [2.75, 3.05) is 0 Å². The topological polar surface area (TPSA) is 59.7 Å². The molecule has 0 aliphatic carbocycles. The Morgan fingerprint density at radius 2 is 2.00 bits per heavy atom. The zero-order chi connectivity index (χ0) is 14.0. The predicted octanol–water partition coefficient (Wildman–Crippen LogP) is 4.20. The van der Waals surface area contributed by atoms with Crippen molar-refractivity contribution in [2.45, 2.75) is 26.7 Å². The summed E-state index contributed by atoms with van der Waals surface area (Å²) in [5, 5.41) is 8.80. The molecule has 0 radical (unpaired) electrons. The summed E-state index contributed by atoms with van der Waals surface area (Å²) in [6, 6.07) is 8.83. The lowest BCUT2D eigenvalue weighted by molar-refractivity contribution is 0.0657. The number of carboxylic acid groups (broad SMARTS) is 1. The summed E-state index contributed by atoms with van der Waals surface area (Å²) in [7, 11) is 0. The maximum atomic E-state index is 10.7. The number of aryl methyl sites for hydroxylation is 1. The van der Waals surface area contributed by atoms with E-state index in [2.05, 4.69) is 13.8 Å². The fourth-order valence-corrected chi connectivity index (χ4v) is 1.81. The summed E-state index contributed by atoms with van der Waals surface area (Å²) in [5.41, 5.74) is 2.13. The van der Waals surface area contributed by atoms with Crippen molar-refractivity contribution in [3.8, 4) is 11.7 Å². The second kappa shape index (κ2) is 5.18. The molecule has 2 aromatic rings. The van der Waals surface area contributed by atoms with Crippen LogP contribution < -0.4 is 4.74 Å². The van der Waals surface area contributed by atoms with Crippen LogP contribution in [0.5, 0.6) is 11.7 Å². The second-order valence-corrected chi connectivity index (χ2v) is 4.72. The monoisotopic (exact) mass is 260 g/mol. The Kier molecular flexibility index (Phi) is 3.60. The summed E-state index contributed by atoms with van der Waals surface area (Å²) in [4.78, 5) is 10.7. The minimum Gasteiger partial charge on any atom is -0.475 e. The van der Waals surface area contributed by atoms with E-state index in [-0.39, 0.29) is 11.7 Å². The van der Waals surface area contributed by atoms with Crippen LogP contribution in [0.15, 0.2) is 34.7 Å². The van der Waals surface area contributed by atoms with Gasteiger partial charge in [-0.3, -0.25) is 0 Å². The van der Waals surface area contributed by atoms with Crippen LogP contribution in [0.1, 0.15) is 41.4 Å². The van der Waals surface area contributed by atoms with Gasteiger partial charge < -0.3 is 14.3 Å². The Labute approximate surface area is 111 Å². The quantitative estimate of drug-likeness (QED) is 0.894. The van der Waals surface area contributed by atoms with Crippen LogP contribution in [0.3, 0.4) is 0 Å². The Balaban J connectivity index is 2.31. The van der Waals surface area contributed by atoms with Crippen molar-refractivity contribution in [3.63, 3.8) is 0 Å². The van der Waals surface area contributed by atoms with Crippen molar-refractivity contribution in [1.82, 2.24) is 0 Å². The van der Waals surface area contributed by atoms with Gasteiger partial charge in [0.1, 0.15) is 5.75 Å². The van der Waals surface area contributed by atoms with Gasteiger partial charge in [-0.1, -0.05) is 26.0 Å². The molecule has 0 aliphatic rings. The number of hydrogen-bond acceptors (Lipinski definition) is 3. The van der Waals surface area contributed by atoms with Crippen LogP contribution >= 0.6 is 0 Å². The number of carbonyl (C=O) groups is 1. The first kappa shape index (κ1) is 13.2. The standard InChI is InChI=1S/C15H16O4/c1-9(2)11-5-4-10(3)8-13(11)19-14-7-6-12(18-14)15(16)17/h4-9H,1-3H3,(H,16,17). The molecule has 0 unspecified atom stereocenters. The molecule has 1 heterocycles. The van der Waals surface area contributed by atoms with Crippen LogP contribution in [0.4, 0.5) is 0 Å². The molecule has 100 valence electrons. The summed E-state index contributed by atoms with van der Waals surface area (Å²) < 4.78 is 10.8. The Bertz CT molecular complexity index is 596. The number of aromatic carboxylic acids is 1. The molecule has 0 aliphatic heterocycles. The molecule has 2 rings (SSSR count). The molecule has 0 saturated heterocycles. The highest BCUT2D eigenvalue weighted by Gasteiger charge is 2.13.